The number of carbonyl (C=O) groups excluding carboxylic acids is 1. The van der Waals surface area contributed by atoms with Gasteiger partial charge in [-0.1, -0.05) is 11.3 Å². The van der Waals surface area contributed by atoms with Gasteiger partial charge < -0.3 is 10.6 Å². The van der Waals surface area contributed by atoms with Crippen LogP contribution in [0.3, 0.4) is 0 Å². The number of amides is 1. The third-order valence-electron chi connectivity index (χ3n) is 4.44. The number of carbonyl (C=O) groups is 1. The number of nitrogens with zero attached hydrogens (tertiary/aromatic N) is 5. The zero-order chi connectivity index (χ0) is 16.7. The van der Waals surface area contributed by atoms with Crippen LogP contribution in [0.5, 0.6) is 0 Å². The van der Waals surface area contributed by atoms with Crippen LogP contribution in [0.2, 0.25) is 0 Å². The van der Waals surface area contributed by atoms with E-state index in [0.717, 1.165) is 28.7 Å². The molecule has 1 saturated heterocycles. The van der Waals surface area contributed by atoms with Crippen molar-refractivity contribution >= 4 is 41.6 Å². The standard InChI is InChI=1S/C17H18N6O.2ClH/c1-11-16(17(24)22-8-6-13(18)10-22)20-21-23(11)14-4-5-15-12(9-14)3-2-7-19-15;;/h2-5,7,9,13H,6,8,10,18H2,1H3;2*1H/t13-;;/m1../s1. The van der Waals surface area contributed by atoms with Gasteiger partial charge in [0.1, 0.15) is 0 Å². The normalized spacial score (nSPS) is 16.2. The molecule has 1 amide bonds. The Labute approximate surface area is 163 Å². The lowest BCUT2D eigenvalue weighted by Crippen LogP contribution is -2.32. The lowest BCUT2D eigenvalue weighted by atomic mass is 10.2. The fraction of sp³-hybridized carbons (Fsp3) is 0.294. The molecule has 3 aromatic rings. The first-order chi connectivity index (χ1) is 11.6. The minimum atomic E-state index is -0.103. The number of hydrogen-bond donors (Lipinski definition) is 1. The Bertz CT molecular complexity index is 929. The molecule has 138 valence electrons. The summed E-state index contributed by atoms with van der Waals surface area (Å²) in [6, 6.07) is 9.80. The average molecular weight is 395 g/mol. The molecular formula is C17H20Cl2N6O. The zero-order valence-corrected chi connectivity index (χ0v) is 15.8. The lowest BCUT2D eigenvalue weighted by molar-refractivity contribution is 0.0784. The number of hydrogen-bond acceptors (Lipinski definition) is 5. The third-order valence-corrected chi connectivity index (χ3v) is 4.44. The fourth-order valence-corrected chi connectivity index (χ4v) is 3.09. The van der Waals surface area contributed by atoms with Crippen LogP contribution in [0.15, 0.2) is 36.5 Å². The van der Waals surface area contributed by atoms with Crippen molar-refractivity contribution < 1.29 is 4.79 Å². The highest BCUT2D eigenvalue weighted by atomic mass is 35.5. The second-order valence-electron chi connectivity index (χ2n) is 6.12. The Kier molecular flexibility index (Phi) is 6.17. The lowest BCUT2D eigenvalue weighted by Gasteiger charge is -2.14. The summed E-state index contributed by atoms with van der Waals surface area (Å²) < 4.78 is 1.69. The highest BCUT2D eigenvalue weighted by Gasteiger charge is 2.28. The quantitative estimate of drug-likeness (QED) is 0.718. The number of fused-ring (bicyclic) bond motifs is 1. The van der Waals surface area contributed by atoms with Crippen molar-refractivity contribution in [1.82, 2.24) is 24.9 Å². The van der Waals surface area contributed by atoms with Crippen LogP contribution in [-0.2, 0) is 0 Å². The van der Waals surface area contributed by atoms with E-state index in [-0.39, 0.29) is 36.8 Å². The van der Waals surface area contributed by atoms with E-state index in [4.69, 9.17) is 5.73 Å². The molecule has 1 aromatic carbocycles. The van der Waals surface area contributed by atoms with E-state index in [1.54, 1.807) is 15.8 Å². The van der Waals surface area contributed by atoms with Gasteiger partial charge in [-0.05, 0) is 37.6 Å². The number of nitrogens with two attached hydrogens (primary N) is 1. The Hall–Kier alpha value is -2.22. The van der Waals surface area contributed by atoms with Crippen LogP contribution in [0.1, 0.15) is 22.6 Å². The Balaban J connectivity index is 0.00000121. The van der Waals surface area contributed by atoms with Crippen molar-refractivity contribution in [3.05, 3.63) is 47.9 Å². The summed E-state index contributed by atoms with van der Waals surface area (Å²) in [7, 11) is 0. The van der Waals surface area contributed by atoms with Crippen LogP contribution in [0, 0.1) is 6.92 Å². The number of rotatable bonds is 2. The second-order valence-corrected chi connectivity index (χ2v) is 6.12. The van der Waals surface area contributed by atoms with E-state index in [9.17, 15) is 4.79 Å². The van der Waals surface area contributed by atoms with Gasteiger partial charge in [-0.15, -0.1) is 29.9 Å². The molecule has 0 aliphatic carbocycles. The van der Waals surface area contributed by atoms with Crippen LogP contribution >= 0.6 is 24.8 Å². The van der Waals surface area contributed by atoms with Crippen LogP contribution in [0.4, 0.5) is 0 Å². The van der Waals surface area contributed by atoms with Gasteiger partial charge in [0.25, 0.3) is 5.91 Å². The Morgan fingerprint density at radius 3 is 2.81 bits per heavy atom. The zero-order valence-electron chi connectivity index (χ0n) is 14.2. The first kappa shape index (κ1) is 20.1. The summed E-state index contributed by atoms with van der Waals surface area (Å²) in [5.74, 6) is -0.103. The molecule has 0 spiro atoms. The first-order valence-corrected chi connectivity index (χ1v) is 7.96. The molecule has 2 aromatic heterocycles. The van der Waals surface area contributed by atoms with Gasteiger partial charge >= 0.3 is 0 Å². The molecule has 1 aliphatic rings. The molecule has 0 saturated carbocycles. The Morgan fingerprint density at radius 2 is 2.08 bits per heavy atom. The molecular weight excluding hydrogens is 375 g/mol. The summed E-state index contributed by atoms with van der Waals surface area (Å²) in [5, 5.41) is 9.30. The topological polar surface area (TPSA) is 89.9 Å². The molecule has 1 fully saturated rings. The van der Waals surface area contributed by atoms with E-state index in [1.165, 1.54) is 0 Å². The van der Waals surface area contributed by atoms with Gasteiger partial charge in [0, 0.05) is 30.7 Å². The summed E-state index contributed by atoms with van der Waals surface area (Å²) in [6.45, 7) is 3.11. The van der Waals surface area contributed by atoms with Crippen molar-refractivity contribution in [1.29, 1.82) is 0 Å². The number of likely N-dealkylation sites (tertiary alicyclic amines) is 1. The largest absolute Gasteiger partial charge is 0.336 e. The van der Waals surface area contributed by atoms with Crippen LogP contribution < -0.4 is 5.73 Å². The number of pyridine rings is 1. The molecule has 1 aliphatic heterocycles. The molecule has 3 heterocycles. The summed E-state index contributed by atoms with van der Waals surface area (Å²) in [5.41, 5.74) is 8.77. The monoisotopic (exact) mass is 394 g/mol. The molecule has 0 radical (unpaired) electrons. The maximum Gasteiger partial charge on any atom is 0.276 e. The average Bonchev–Trinajstić information content (AvgIpc) is 3.20. The van der Waals surface area contributed by atoms with Gasteiger partial charge in [-0.2, -0.15) is 0 Å². The number of benzene rings is 1. The number of aromatic nitrogens is 4. The van der Waals surface area contributed by atoms with E-state index in [1.807, 2.05) is 37.3 Å². The van der Waals surface area contributed by atoms with Gasteiger partial charge in [-0.25, -0.2) is 4.68 Å². The van der Waals surface area contributed by atoms with Gasteiger partial charge in [0.15, 0.2) is 5.69 Å². The summed E-state index contributed by atoms with van der Waals surface area (Å²) in [4.78, 5) is 18.7. The van der Waals surface area contributed by atoms with Gasteiger partial charge in [-0.3, -0.25) is 9.78 Å². The maximum atomic E-state index is 12.6. The second kappa shape index (κ2) is 7.99. The molecule has 1 atom stereocenters. The van der Waals surface area contributed by atoms with Crippen molar-refractivity contribution in [2.24, 2.45) is 5.73 Å². The highest BCUT2D eigenvalue weighted by Crippen LogP contribution is 2.19. The van der Waals surface area contributed by atoms with E-state index < -0.39 is 0 Å². The van der Waals surface area contributed by atoms with Crippen molar-refractivity contribution in [3.63, 3.8) is 0 Å². The van der Waals surface area contributed by atoms with E-state index in [2.05, 4.69) is 15.3 Å². The van der Waals surface area contributed by atoms with Gasteiger partial charge in [0.05, 0.1) is 16.9 Å². The molecule has 9 heteroatoms. The SMILES string of the molecule is Cc1c(C(=O)N2CC[C@@H](N)C2)nnn1-c1ccc2ncccc2c1.Cl.Cl. The van der Waals surface area contributed by atoms with E-state index in [0.29, 0.717) is 18.8 Å². The molecule has 0 bridgehead atoms. The highest BCUT2D eigenvalue weighted by molar-refractivity contribution is 5.93. The smallest absolute Gasteiger partial charge is 0.276 e. The fourth-order valence-electron chi connectivity index (χ4n) is 3.09. The minimum absolute atomic E-state index is 0. The van der Waals surface area contributed by atoms with Crippen molar-refractivity contribution in [3.8, 4) is 5.69 Å². The van der Waals surface area contributed by atoms with E-state index >= 15 is 0 Å². The predicted octanol–water partition coefficient (Wildman–Crippen LogP) is 2.14. The molecule has 26 heavy (non-hydrogen) atoms. The molecule has 4 rings (SSSR count). The van der Waals surface area contributed by atoms with Crippen LogP contribution in [-0.4, -0.2) is 49.9 Å². The third kappa shape index (κ3) is 3.51. The maximum absolute atomic E-state index is 12.6. The molecule has 7 nitrogen and oxygen atoms in total. The summed E-state index contributed by atoms with van der Waals surface area (Å²) in [6.07, 6.45) is 2.59. The van der Waals surface area contributed by atoms with Gasteiger partial charge in [0.2, 0.25) is 0 Å². The number of halogens is 2. The minimum Gasteiger partial charge on any atom is -0.336 e. The van der Waals surface area contributed by atoms with Crippen molar-refractivity contribution in [2.45, 2.75) is 19.4 Å². The molecule has 2 N–H and O–H groups in total. The van der Waals surface area contributed by atoms with Crippen LogP contribution in [0.25, 0.3) is 16.6 Å². The predicted molar refractivity (Wildman–Crippen MR) is 104 cm³/mol. The van der Waals surface area contributed by atoms with Crippen molar-refractivity contribution in [2.75, 3.05) is 13.1 Å². The summed E-state index contributed by atoms with van der Waals surface area (Å²) >= 11 is 0. The Morgan fingerprint density at radius 1 is 1.27 bits per heavy atom. The molecule has 0 unspecified atom stereocenters. The first-order valence-electron chi connectivity index (χ1n) is 7.96.